The predicted molar refractivity (Wildman–Crippen MR) is 84.9 cm³/mol. The zero-order valence-corrected chi connectivity index (χ0v) is 13.3. The molecule has 3 aromatic rings. The number of rotatable bonds is 2. The normalized spacial score (nSPS) is 11.4. The molecule has 0 amide bonds. The molecule has 1 aromatic carbocycles. The van der Waals surface area contributed by atoms with E-state index in [4.69, 9.17) is 0 Å². The molecule has 20 heavy (non-hydrogen) atoms. The number of aryl methyl sites for hydroxylation is 1. The van der Waals surface area contributed by atoms with Gasteiger partial charge in [-0.2, -0.15) is 5.10 Å². The Kier molecular flexibility index (Phi) is 3.34. The number of nitrogens with zero attached hydrogens (tertiary/aromatic N) is 3. The highest BCUT2D eigenvalue weighted by Crippen LogP contribution is 2.26. The maximum absolute atomic E-state index is 4.65. The van der Waals surface area contributed by atoms with Gasteiger partial charge in [0, 0.05) is 5.56 Å². The van der Waals surface area contributed by atoms with E-state index in [2.05, 4.69) is 65.0 Å². The van der Waals surface area contributed by atoms with Crippen molar-refractivity contribution >= 4 is 21.6 Å². The van der Waals surface area contributed by atoms with Crippen LogP contribution >= 0.6 is 15.9 Å². The molecule has 2 heterocycles. The molecule has 0 saturated carbocycles. The number of aromatic nitrogens is 3. The molecular formula is C16H16BrN3. The number of benzene rings is 1. The summed E-state index contributed by atoms with van der Waals surface area (Å²) in [5, 5.41) is 4.65. The number of halogens is 1. The van der Waals surface area contributed by atoms with Crippen LogP contribution in [0.2, 0.25) is 0 Å². The lowest BCUT2D eigenvalue weighted by Gasteiger charge is -2.11. The van der Waals surface area contributed by atoms with Gasteiger partial charge in [-0.15, -0.1) is 0 Å². The summed E-state index contributed by atoms with van der Waals surface area (Å²) in [6.07, 6.45) is 1.88. The summed E-state index contributed by atoms with van der Waals surface area (Å²) >= 11 is 3.38. The molecule has 102 valence electrons. The predicted octanol–water partition coefficient (Wildman–Crippen LogP) is 4.59. The number of hydrogen-bond donors (Lipinski definition) is 0. The first-order valence-corrected chi connectivity index (χ1v) is 7.47. The molecule has 0 atom stereocenters. The van der Waals surface area contributed by atoms with E-state index in [0.717, 1.165) is 15.9 Å². The van der Waals surface area contributed by atoms with E-state index in [1.807, 2.05) is 18.3 Å². The minimum atomic E-state index is 0.514. The van der Waals surface area contributed by atoms with Crippen molar-refractivity contribution in [2.24, 2.45) is 0 Å². The first kappa shape index (κ1) is 13.3. The molecule has 0 fully saturated rings. The number of fused-ring (bicyclic) bond motifs is 1. The van der Waals surface area contributed by atoms with E-state index in [1.54, 1.807) is 4.52 Å². The lowest BCUT2D eigenvalue weighted by Crippen LogP contribution is -1.96. The second kappa shape index (κ2) is 5.02. The van der Waals surface area contributed by atoms with Gasteiger partial charge >= 0.3 is 0 Å². The van der Waals surface area contributed by atoms with Crippen molar-refractivity contribution in [3.8, 4) is 11.3 Å². The van der Waals surface area contributed by atoms with E-state index in [9.17, 15) is 0 Å². The average Bonchev–Trinajstić information content (AvgIpc) is 2.78. The molecule has 3 rings (SSSR count). The van der Waals surface area contributed by atoms with Gasteiger partial charge in [0.05, 0.1) is 11.9 Å². The second-order valence-electron chi connectivity index (χ2n) is 5.31. The Balaban J connectivity index is 2.16. The maximum Gasteiger partial charge on any atom is 0.154 e. The van der Waals surface area contributed by atoms with E-state index in [-0.39, 0.29) is 0 Å². The summed E-state index contributed by atoms with van der Waals surface area (Å²) in [7, 11) is 0. The third-order valence-electron chi connectivity index (χ3n) is 3.49. The van der Waals surface area contributed by atoms with Crippen LogP contribution in [0.5, 0.6) is 0 Å². The monoisotopic (exact) mass is 329 g/mol. The van der Waals surface area contributed by atoms with Gasteiger partial charge < -0.3 is 0 Å². The minimum absolute atomic E-state index is 0.514. The molecule has 0 aliphatic carbocycles. The molecule has 0 spiro atoms. The molecule has 4 heteroatoms. The van der Waals surface area contributed by atoms with Crippen LogP contribution in [0.1, 0.15) is 30.9 Å². The molecular weight excluding hydrogens is 314 g/mol. The quantitative estimate of drug-likeness (QED) is 0.688. The molecule has 0 bridgehead atoms. The van der Waals surface area contributed by atoms with Crippen LogP contribution in [-0.4, -0.2) is 14.6 Å². The van der Waals surface area contributed by atoms with E-state index in [1.165, 1.54) is 16.7 Å². The molecule has 3 nitrogen and oxygen atoms in total. The van der Waals surface area contributed by atoms with E-state index in [0.29, 0.717) is 5.92 Å². The van der Waals surface area contributed by atoms with Gasteiger partial charge in [0.15, 0.2) is 5.65 Å². The summed E-state index contributed by atoms with van der Waals surface area (Å²) in [5.74, 6) is 0.514. The Morgan fingerprint density at radius 2 is 1.95 bits per heavy atom. The smallest absolute Gasteiger partial charge is 0.154 e. The molecule has 0 radical (unpaired) electrons. The summed E-state index contributed by atoms with van der Waals surface area (Å²) in [6, 6.07) is 10.6. The van der Waals surface area contributed by atoms with Gasteiger partial charge in [-0.25, -0.2) is 9.50 Å². The van der Waals surface area contributed by atoms with Gasteiger partial charge in [0.1, 0.15) is 4.60 Å². The van der Waals surface area contributed by atoms with Crippen LogP contribution in [0.15, 0.2) is 41.1 Å². The Labute approximate surface area is 126 Å². The Bertz CT molecular complexity index is 774. The van der Waals surface area contributed by atoms with Crippen LogP contribution in [0.25, 0.3) is 16.9 Å². The van der Waals surface area contributed by atoms with Gasteiger partial charge in [-0.1, -0.05) is 26.0 Å². The molecule has 0 unspecified atom stereocenters. The Morgan fingerprint density at radius 3 is 2.70 bits per heavy atom. The van der Waals surface area contributed by atoms with Crippen molar-refractivity contribution < 1.29 is 0 Å². The zero-order chi connectivity index (χ0) is 14.3. The fourth-order valence-corrected chi connectivity index (χ4v) is 2.65. The lowest BCUT2D eigenvalue weighted by molar-refractivity contribution is 0.865. The average molecular weight is 330 g/mol. The second-order valence-corrected chi connectivity index (χ2v) is 6.13. The maximum atomic E-state index is 4.65. The molecule has 2 aromatic heterocycles. The van der Waals surface area contributed by atoms with Crippen molar-refractivity contribution in [3.05, 3.63) is 52.3 Å². The van der Waals surface area contributed by atoms with Gasteiger partial charge in [0.25, 0.3) is 0 Å². The molecule has 0 saturated heterocycles. The first-order chi connectivity index (χ1) is 9.54. The minimum Gasteiger partial charge on any atom is -0.220 e. The topological polar surface area (TPSA) is 30.2 Å². The highest BCUT2D eigenvalue weighted by atomic mass is 79.9. The summed E-state index contributed by atoms with van der Waals surface area (Å²) < 4.78 is 2.61. The summed E-state index contributed by atoms with van der Waals surface area (Å²) in [5.41, 5.74) is 5.57. The highest BCUT2D eigenvalue weighted by molar-refractivity contribution is 9.10. The van der Waals surface area contributed by atoms with Crippen molar-refractivity contribution in [1.82, 2.24) is 14.6 Å². The number of hydrogen-bond acceptors (Lipinski definition) is 2. The Hall–Kier alpha value is -1.68. The molecule has 0 N–H and O–H groups in total. The van der Waals surface area contributed by atoms with Crippen molar-refractivity contribution in [2.45, 2.75) is 26.7 Å². The van der Waals surface area contributed by atoms with Gasteiger partial charge in [0.2, 0.25) is 0 Å². The van der Waals surface area contributed by atoms with Crippen molar-refractivity contribution in [3.63, 3.8) is 0 Å². The fourth-order valence-electron chi connectivity index (χ4n) is 2.27. The molecule has 0 aliphatic heterocycles. The summed E-state index contributed by atoms with van der Waals surface area (Å²) in [6.45, 7) is 6.53. The van der Waals surface area contributed by atoms with Crippen LogP contribution in [-0.2, 0) is 0 Å². The highest BCUT2D eigenvalue weighted by Gasteiger charge is 2.09. The number of imidazole rings is 1. The van der Waals surface area contributed by atoms with E-state index >= 15 is 0 Å². The third-order valence-corrected chi connectivity index (χ3v) is 3.88. The Morgan fingerprint density at radius 1 is 1.15 bits per heavy atom. The summed E-state index contributed by atoms with van der Waals surface area (Å²) in [4.78, 5) is 4.33. The standard InChI is InChI=1S/C16H16BrN3/c1-10(2)12-5-4-11(3)13(8-12)14-6-7-16-18-15(17)9-20(16)19-14/h4-10H,1-3H3. The van der Waals surface area contributed by atoms with Crippen LogP contribution < -0.4 is 0 Å². The largest absolute Gasteiger partial charge is 0.220 e. The first-order valence-electron chi connectivity index (χ1n) is 6.67. The van der Waals surface area contributed by atoms with Crippen molar-refractivity contribution in [1.29, 1.82) is 0 Å². The third kappa shape index (κ3) is 2.36. The SMILES string of the molecule is Cc1ccc(C(C)C)cc1-c1ccc2nc(Br)cn2n1. The fraction of sp³-hybridized carbons (Fsp3) is 0.250. The molecule has 0 aliphatic rings. The van der Waals surface area contributed by atoms with E-state index < -0.39 is 0 Å². The lowest BCUT2D eigenvalue weighted by atomic mass is 9.96. The van der Waals surface area contributed by atoms with Crippen LogP contribution in [0, 0.1) is 6.92 Å². The van der Waals surface area contributed by atoms with Crippen molar-refractivity contribution in [2.75, 3.05) is 0 Å². The van der Waals surface area contributed by atoms with Crippen LogP contribution in [0.3, 0.4) is 0 Å². The van der Waals surface area contributed by atoms with Gasteiger partial charge in [-0.05, 0) is 58.1 Å². The van der Waals surface area contributed by atoms with Crippen LogP contribution in [0.4, 0.5) is 0 Å². The van der Waals surface area contributed by atoms with Gasteiger partial charge in [-0.3, -0.25) is 0 Å². The zero-order valence-electron chi connectivity index (χ0n) is 11.8.